The molecule has 1 heterocycles. The summed E-state index contributed by atoms with van der Waals surface area (Å²) in [7, 11) is 0. The maximum atomic E-state index is 10.8. The fourth-order valence-corrected chi connectivity index (χ4v) is 2.89. The van der Waals surface area contributed by atoms with Gasteiger partial charge in [-0.15, -0.1) is 0 Å². The van der Waals surface area contributed by atoms with Crippen molar-refractivity contribution in [3.05, 3.63) is 29.8 Å². The van der Waals surface area contributed by atoms with E-state index in [9.17, 15) is 10.2 Å². The molecule has 106 valence electrons. The molecule has 0 aliphatic carbocycles. The van der Waals surface area contributed by atoms with E-state index in [1.165, 1.54) is 0 Å². The highest BCUT2D eigenvalue weighted by Crippen LogP contribution is 2.27. The first kappa shape index (κ1) is 14.4. The summed E-state index contributed by atoms with van der Waals surface area (Å²) in [6, 6.07) is 7.73. The van der Waals surface area contributed by atoms with Crippen molar-refractivity contribution in [2.75, 3.05) is 13.1 Å². The van der Waals surface area contributed by atoms with Crippen molar-refractivity contribution >= 4 is 0 Å². The average molecular weight is 263 g/mol. The molecule has 1 aromatic rings. The van der Waals surface area contributed by atoms with Gasteiger partial charge in [0.15, 0.2) is 0 Å². The maximum Gasteiger partial charge on any atom is 0.115 e. The Morgan fingerprint density at radius 1 is 1.16 bits per heavy atom. The monoisotopic (exact) mass is 263 g/mol. The van der Waals surface area contributed by atoms with Crippen LogP contribution >= 0.6 is 0 Å². The number of aliphatic hydroxyl groups is 1. The molecule has 3 heteroatoms. The van der Waals surface area contributed by atoms with Crippen LogP contribution in [0.15, 0.2) is 24.3 Å². The fraction of sp³-hybridized carbons (Fsp3) is 0.625. The smallest absolute Gasteiger partial charge is 0.115 e. The lowest BCUT2D eigenvalue weighted by molar-refractivity contribution is 0.0248. The molecule has 1 fully saturated rings. The van der Waals surface area contributed by atoms with E-state index in [1.54, 1.807) is 12.1 Å². The third-order valence-electron chi connectivity index (χ3n) is 4.15. The highest BCUT2D eigenvalue weighted by molar-refractivity contribution is 5.27. The van der Waals surface area contributed by atoms with Gasteiger partial charge in [-0.25, -0.2) is 0 Å². The predicted molar refractivity (Wildman–Crippen MR) is 77.3 cm³/mol. The Labute approximate surface area is 115 Å². The van der Waals surface area contributed by atoms with E-state index in [0.717, 1.165) is 37.9 Å². The van der Waals surface area contributed by atoms with Crippen LogP contribution in [0.3, 0.4) is 0 Å². The predicted octanol–water partition coefficient (Wildman–Crippen LogP) is 2.56. The molecule has 0 radical (unpaired) electrons. The number of likely N-dealkylation sites (tertiary alicyclic amines) is 1. The summed E-state index contributed by atoms with van der Waals surface area (Å²) in [5, 5.41) is 20.1. The molecule has 1 aromatic carbocycles. The summed E-state index contributed by atoms with van der Waals surface area (Å²) in [6.07, 6.45) is 3.41. The van der Waals surface area contributed by atoms with E-state index in [2.05, 4.69) is 18.7 Å². The maximum absolute atomic E-state index is 10.8. The van der Waals surface area contributed by atoms with Gasteiger partial charge in [0.2, 0.25) is 0 Å². The van der Waals surface area contributed by atoms with Crippen molar-refractivity contribution in [3.63, 3.8) is 0 Å². The van der Waals surface area contributed by atoms with Gasteiger partial charge in [0.05, 0.1) is 5.60 Å². The van der Waals surface area contributed by atoms with E-state index in [1.807, 2.05) is 12.1 Å². The fourth-order valence-electron chi connectivity index (χ4n) is 2.89. The Hall–Kier alpha value is -1.06. The van der Waals surface area contributed by atoms with Gasteiger partial charge in [0.25, 0.3) is 0 Å². The summed E-state index contributed by atoms with van der Waals surface area (Å²) >= 11 is 0. The van der Waals surface area contributed by atoms with E-state index in [0.29, 0.717) is 12.5 Å². The number of nitrogens with zero attached hydrogens (tertiary/aromatic N) is 1. The average Bonchev–Trinajstić information content (AvgIpc) is 2.55. The number of phenolic OH excluding ortho intramolecular Hbond substituents is 1. The highest BCUT2D eigenvalue weighted by atomic mass is 16.3. The molecule has 1 aliphatic heterocycles. The van der Waals surface area contributed by atoms with Crippen molar-refractivity contribution < 1.29 is 10.2 Å². The molecule has 0 spiro atoms. The third kappa shape index (κ3) is 3.95. The van der Waals surface area contributed by atoms with E-state index in [4.69, 9.17) is 0 Å². The molecule has 1 aliphatic rings. The Morgan fingerprint density at radius 3 is 2.47 bits per heavy atom. The molecule has 19 heavy (non-hydrogen) atoms. The normalized spacial score (nSPS) is 25.5. The molecule has 0 aromatic heterocycles. The van der Waals surface area contributed by atoms with Crippen molar-refractivity contribution in [3.8, 4) is 5.75 Å². The molecule has 1 unspecified atom stereocenters. The minimum Gasteiger partial charge on any atom is -0.508 e. The van der Waals surface area contributed by atoms with Gasteiger partial charge < -0.3 is 15.1 Å². The van der Waals surface area contributed by atoms with E-state index >= 15 is 0 Å². The lowest BCUT2D eigenvalue weighted by atomic mass is 9.88. The number of hydrogen-bond donors (Lipinski definition) is 2. The van der Waals surface area contributed by atoms with Crippen LogP contribution in [0, 0.1) is 0 Å². The third-order valence-corrected chi connectivity index (χ3v) is 4.15. The van der Waals surface area contributed by atoms with Gasteiger partial charge in [0, 0.05) is 19.0 Å². The molecule has 3 nitrogen and oxygen atoms in total. The van der Waals surface area contributed by atoms with E-state index in [-0.39, 0.29) is 5.75 Å². The van der Waals surface area contributed by atoms with Crippen LogP contribution in [0.1, 0.15) is 38.7 Å². The molecule has 2 N–H and O–H groups in total. The van der Waals surface area contributed by atoms with E-state index < -0.39 is 5.60 Å². The number of hydrogen-bond acceptors (Lipinski definition) is 3. The Kier molecular flexibility index (Phi) is 4.48. The second kappa shape index (κ2) is 5.93. The first-order valence-corrected chi connectivity index (χ1v) is 7.23. The van der Waals surface area contributed by atoms with Crippen LogP contribution in [0.4, 0.5) is 0 Å². The SMILES string of the molecule is CC(C)N1CCCC(O)(Cc2ccc(O)cc2)CC1. The lowest BCUT2D eigenvalue weighted by Crippen LogP contribution is -2.35. The van der Waals surface area contributed by atoms with Gasteiger partial charge >= 0.3 is 0 Å². The molecular formula is C16H25NO2. The zero-order valence-electron chi connectivity index (χ0n) is 12.0. The Balaban J connectivity index is 2.00. The first-order chi connectivity index (χ1) is 8.98. The van der Waals surface area contributed by atoms with Crippen LogP contribution in [-0.4, -0.2) is 39.8 Å². The van der Waals surface area contributed by atoms with Gasteiger partial charge in [0.1, 0.15) is 5.75 Å². The summed E-state index contributed by atoms with van der Waals surface area (Å²) in [5.41, 5.74) is 0.499. The molecule has 2 rings (SSSR count). The second-order valence-corrected chi connectivity index (χ2v) is 6.05. The minimum absolute atomic E-state index is 0.280. The number of benzene rings is 1. The Bertz CT molecular complexity index is 402. The number of phenols is 1. The molecular weight excluding hydrogens is 238 g/mol. The molecule has 0 amide bonds. The van der Waals surface area contributed by atoms with Crippen molar-refractivity contribution in [1.82, 2.24) is 4.90 Å². The lowest BCUT2D eigenvalue weighted by Gasteiger charge is -2.28. The van der Waals surface area contributed by atoms with Crippen molar-refractivity contribution in [2.24, 2.45) is 0 Å². The minimum atomic E-state index is -0.597. The van der Waals surface area contributed by atoms with Crippen LogP contribution in [0.5, 0.6) is 5.75 Å². The number of aromatic hydroxyl groups is 1. The number of rotatable bonds is 3. The first-order valence-electron chi connectivity index (χ1n) is 7.23. The van der Waals surface area contributed by atoms with Gasteiger partial charge in [-0.05, 0) is 57.4 Å². The zero-order valence-corrected chi connectivity index (χ0v) is 12.0. The van der Waals surface area contributed by atoms with Crippen LogP contribution in [0.25, 0.3) is 0 Å². The molecule has 1 atom stereocenters. The molecule has 0 saturated carbocycles. The summed E-state index contributed by atoms with van der Waals surface area (Å²) in [4.78, 5) is 2.44. The quantitative estimate of drug-likeness (QED) is 0.881. The summed E-state index contributed by atoms with van der Waals surface area (Å²) < 4.78 is 0. The molecule has 0 bridgehead atoms. The van der Waals surface area contributed by atoms with Gasteiger partial charge in [-0.3, -0.25) is 0 Å². The van der Waals surface area contributed by atoms with Crippen molar-refractivity contribution in [2.45, 2.75) is 51.2 Å². The Morgan fingerprint density at radius 2 is 1.84 bits per heavy atom. The topological polar surface area (TPSA) is 43.7 Å². The van der Waals surface area contributed by atoms with Crippen molar-refractivity contribution in [1.29, 1.82) is 0 Å². The highest BCUT2D eigenvalue weighted by Gasteiger charge is 2.30. The standard InChI is InChI=1S/C16H25NO2/c1-13(2)17-10-3-8-16(19,9-11-17)12-14-4-6-15(18)7-5-14/h4-7,13,18-19H,3,8-12H2,1-2H3. The van der Waals surface area contributed by atoms with Crippen LogP contribution < -0.4 is 0 Å². The second-order valence-electron chi connectivity index (χ2n) is 6.05. The van der Waals surface area contributed by atoms with Gasteiger partial charge in [-0.2, -0.15) is 0 Å². The summed E-state index contributed by atoms with van der Waals surface area (Å²) in [5.74, 6) is 0.280. The van der Waals surface area contributed by atoms with Gasteiger partial charge in [-0.1, -0.05) is 12.1 Å². The zero-order chi connectivity index (χ0) is 13.9. The van der Waals surface area contributed by atoms with Crippen LogP contribution in [0.2, 0.25) is 0 Å². The summed E-state index contributed by atoms with van der Waals surface area (Å²) in [6.45, 7) is 6.47. The van der Waals surface area contributed by atoms with Crippen LogP contribution in [-0.2, 0) is 6.42 Å². The molecule has 1 saturated heterocycles. The largest absolute Gasteiger partial charge is 0.508 e.